The van der Waals surface area contributed by atoms with Gasteiger partial charge >= 0.3 is 12.1 Å². The average Bonchev–Trinajstić information content (AvgIpc) is 2.68. The van der Waals surface area contributed by atoms with Crippen LogP contribution in [0.15, 0.2) is 66.7 Å². The minimum atomic E-state index is -4.68. The van der Waals surface area contributed by atoms with Crippen molar-refractivity contribution in [3.05, 3.63) is 94.0 Å². The second-order valence-corrected chi connectivity index (χ2v) is 6.78. The lowest BCUT2D eigenvalue weighted by atomic mass is 10.0. The van der Waals surface area contributed by atoms with Crippen LogP contribution >= 0.6 is 11.6 Å². The molecule has 0 unspecified atom stereocenters. The van der Waals surface area contributed by atoms with E-state index in [1.807, 2.05) is 0 Å². The van der Waals surface area contributed by atoms with Crippen molar-refractivity contribution in [1.82, 2.24) is 0 Å². The molecule has 154 valence electrons. The van der Waals surface area contributed by atoms with E-state index in [9.17, 15) is 22.8 Å². The van der Waals surface area contributed by atoms with E-state index in [1.54, 1.807) is 30.3 Å². The van der Waals surface area contributed by atoms with Crippen LogP contribution in [0.1, 0.15) is 27.0 Å². The normalized spacial score (nSPS) is 11.2. The number of rotatable bonds is 6. The molecule has 0 aliphatic heterocycles. The Hall–Kier alpha value is -3.32. The van der Waals surface area contributed by atoms with Crippen LogP contribution in [0.5, 0.6) is 11.5 Å². The highest BCUT2D eigenvalue weighted by molar-refractivity contribution is 6.32. The molecule has 0 saturated heterocycles. The first-order chi connectivity index (χ1) is 14.1. The van der Waals surface area contributed by atoms with Crippen LogP contribution in [0.4, 0.5) is 13.2 Å². The number of halogens is 4. The van der Waals surface area contributed by atoms with Crippen molar-refractivity contribution >= 4 is 23.4 Å². The van der Waals surface area contributed by atoms with Crippen LogP contribution in [0.2, 0.25) is 5.02 Å². The number of ketones is 1. The Morgan fingerprint density at radius 3 is 2.23 bits per heavy atom. The number of alkyl halides is 3. The van der Waals surface area contributed by atoms with Gasteiger partial charge in [0.05, 0.1) is 17.0 Å². The Bertz CT molecular complexity index is 1100. The zero-order chi connectivity index (χ0) is 21.9. The summed E-state index contributed by atoms with van der Waals surface area (Å²) in [6.45, 7) is 0. The van der Waals surface area contributed by atoms with Gasteiger partial charge in [0, 0.05) is 11.1 Å². The van der Waals surface area contributed by atoms with Gasteiger partial charge in [0.15, 0.2) is 5.78 Å². The van der Waals surface area contributed by atoms with Crippen LogP contribution in [0, 0.1) is 0 Å². The smallest absolute Gasteiger partial charge is 0.416 e. The van der Waals surface area contributed by atoms with Crippen molar-refractivity contribution in [2.75, 3.05) is 0 Å². The van der Waals surface area contributed by atoms with Crippen molar-refractivity contribution in [2.45, 2.75) is 12.6 Å². The van der Waals surface area contributed by atoms with Crippen LogP contribution in [-0.2, 0) is 17.4 Å². The van der Waals surface area contributed by atoms with Crippen LogP contribution in [0.25, 0.3) is 0 Å². The van der Waals surface area contributed by atoms with E-state index in [2.05, 4.69) is 0 Å². The summed E-state index contributed by atoms with van der Waals surface area (Å²) in [5, 5.41) is 8.91. The number of ether oxygens (including phenoxy) is 1. The summed E-state index contributed by atoms with van der Waals surface area (Å²) in [5.41, 5.74) is -0.366. The lowest BCUT2D eigenvalue weighted by Gasteiger charge is -2.13. The Labute approximate surface area is 174 Å². The third kappa shape index (κ3) is 5.18. The monoisotopic (exact) mass is 434 g/mol. The number of carboxylic acid groups (broad SMARTS) is 1. The molecular formula is C22H14ClF3O4. The van der Waals surface area contributed by atoms with Gasteiger partial charge in [0.25, 0.3) is 0 Å². The summed E-state index contributed by atoms with van der Waals surface area (Å²) in [6, 6.07) is 15.4. The molecule has 3 aromatic carbocycles. The summed E-state index contributed by atoms with van der Waals surface area (Å²) >= 11 is 6.17. The van der Waals surface area contributed by atoms with Gasteiger partial charge in [-0.15, -0.1) is 0 Å². The number of carboxylic acids is 1. The van der Waals surface area contributed by atoms with Crippen molar-refractivity contribution in [1.29, 1.82) is 0 Å². The number of aliphatic carboxylic acids is 1. The maximum Gasteiger partial charge on any atom is 0.416 e. The Morgan fingerprint density at radius 1 is 0.933 bits per heavy atom. The second-order valence-electron chi connectivity index (χ2n) is 6.38. The predicted octanol–water partition coefficient (Wildman–Crippen LogP) is 6.01. The van der Waals surface area contributed by atoms with Gasteiger partial charge in [-0.05, 0) is 42.0 Å². The maximum absolute atomic E-state index is 13.1. The Morgan fingerprint density at radius 2 is 1.63 bits per heavy atom. The molecule has 0 atom stereocenters. The molecule has 8 heteroatoms. The Kier molecular flexibility index (Phi) is 6.12. The van der Waals surface area contributed by atoms with Gasteiger partial charge < -0.3 is 9.84 Å². The molecule has 3 rings (SSSR count). The van der Waals surface area contributed by atoms with Crippen molar-refractivity contribution in [3.63, 3.8) is 0 Å². The van der Waals surface area contributed by atoms with Gasteiger partial charge in [0.2, 0.25) is 0 Å². The molecule has 0 heterocycles. The molecule has 4 nitrogen and oxygen atoms in total. The van der Waals surface area contributed by atoms with Crippen molar-refractivity contribution in [2.24, 2.45) is 0 Å². The number of carbonyl (C=O) groups excluding carboxylic acids is 1. The molecule has 0 aromatic heterocycles. The van der Waals surface area contributed by atoms with Crippen molar-refractivity contribution in [3.8, 4) is 11.5 Å². The minimum Gasteiger partial charge on any atom is -0.481 e. The van der Waals surface area contributed by atoms with Gasteiger partial charge in [-0.2, -0.15) is 13.2 Å². The summed E-state index contributed by atoms with van der Waals surface area (Å²) in [6.07, 6.45) is -5.28. The zero-order valence-corrected chi connectivity index (χ0v) is 16.0. The number of carbonyl (C=O) groups is 2. The lowest BCUT2D eigenvalue weighted by molar-refractivity contribution is -0.138. The van der Waals surface area contributed by atoms with E-state index in [-0.39, 0.29) is 33.4 Å². The first-order valence-electron chi connectivity index (χ1n) is 8.63. The number of benzene rings is 3. The molecular weight excluding hydrogens is 421 g/mol. The van der Waals surface area contributed by atoms with E-state index in [1.165, 1.54) is 24.3 Å². The van der Waals surface area contributed by atoms with Crippen LogP contribution in [-0.4, -0.2) is 16.9 Å². The molecule has 0 amide bonds. The highest BCUT2D eigenvalue weighted by atomic mass is 35.5. The van der Waals surface area contributed by atoms with Gasteiger partial charge in [-0.25, -0.2) is 0 Å². The van der Waals surface area contributed by atoms with E-state index in [0.717, 1.165) is 12.1 Å². The summed E-state index contributed by atoms with van der Waals surface area (Å²) in [4.78, 5) is 23.4. The number of hydrogen-bond acceptors (Lipinski definition) is 3. The molecule has 0 aliphatic rings. The van der Waals surface area contributed by atoms with Gasteiger partial charge in [0.1, 0.15) is 11.5 Å². The first kappa shape index (κ1) is 21.4. The quantitative estimate of drug-likeness (QED) is 0.483. The third-order valence-corrected chi connectivity index (χ3v) is 4.40. The topological polar surface area (TPSA) is 63.6 Å². The fourth-order valence-electron chi connectivity index (χ4n) is 2.77. The SMILES string of the molecule is O=C(O)Cc1cc(Oc2ccc(C(=O)c3ccccc3)cc2Cl)cc(C(F)(F)F)c1. The summed E-state index contributed by atoms with van der Waals surface area (Å²) in [5.74, 6) is -1.74. The lowest BCUT2D eigenvalue weighted by Crippen LogP contribution is -2.08. The third-order valence-electron chi connectivity index (χ3n) is 4.11. The van der Waals surface area contributed by atoms with E-state index in [4.69, 9.17) is 21.4 Å². The maximum atomic E-state index is 13.1. The molecule has 0 saturated carbocycles. The predicted molar refractivity (Wildman–Crippen MR) is 104 cm³/mol. The van der Waals surface area contributed by atoms with E-state index in [0.29, 0.717) is 5.56 Å². The van der Waals surface area contributed by atoms with E-state index < -0.39 is 24.1 Å². The van der Waals surface area contributed by atoms with Gasteiger partial charge in [-0.1, -0.05) is 41.9 Å². The average molecular weight is 435 g/mol. The molecule has 0 aliphatic carbocycles. The summed E-state index contributed by atoms with van der Waals surface area (Å²) < 4.78 is 44.9. The highest BCUT2D eigenvalue weighted by Crippen LogP contribution is 2.36. The molecule has 3 aromatic rings. The van der Waals surface area contributed by atoms with Crippen LogP contribution < -0.4 is 4.74 Å². The number of hydrogen-bond donors (Lipinski definition) is 1. The molecule has 0 spiro atoms. The van der Waals surface area contributed by atoms with Gasteiger partial charge in [-0.3, -0.25) is 9.59 Å². The molecule has 30 heavy (non-hydrogen) atoms. The fourth-order valence-corrected chi connectivity index (χ4v) is 2.99. The summed E-state index contributed by atoms with van der Waals surface area (Å²) in [7, 11) is 0. The molecule has 0 bridgehead atoms. The Balaban J connectivity index is 1.90. The highest BCUT2D eigenvalue weighted by Gasteiger charge is 2.31. The standard InChI is InChI=1S/C22H14ClF3O4/c23-18-11-15(21(29)14-4-2-1-3-5-14)6-7-19(18)30-17-9-13(10-20(27)28)8-16(12-17)22(24,25)26/h1-9,11-12H,10H2,(H,27,28). The minimum absolute atomic E-state index is 0.0222. The molecule has 0 radical (unpaired) electrons. The largest absolute Gasteiger partial charge is 0.481 e. The second kappa shape index (κ2) is 8.59. The molecule has 1 N–H and O–H groups in total. The van der Waals surface area contributed by atoms with Crippen LogP contribution in [0.3, 0.4) is 0 Å². The molecule has 0 fully saturated rings. The van der Waals surface area contributed by atoms with Crippen molar-refractivity contribution < 1.29 is 32.6 Å². The fraction of sp³-hybridized carbons (Fsp3) is 0.0909. The van der Waals surface area contributed by atoms with E-state index >= 15 is 0 Å². The first-order valence-corrected chi connectivity index (χ1v) is 9.01. The zero-order valence-electron chi connectivity index (χ0n) is 15.2.